The predicted molar refractivity (Wildman–Crippen MR) is 92.3 cm³/mol. The molecule has 1 aliphatic rings. The SMILES string of the molecule is Cc1cc(C)n(CC2CCCN2C(=O)c2cnc3onc(C)c3c2)n1. The zero-order chi connectivity index (χ0) is 17.6. The molecule has 1 amide bonds. The highest BCUT2D eigenvalue weighted by Gasteiger charge is 2.30. The molecule has 25 heavy (non-hydrogen) atoms. The van der Waals surface area contributed by atoms with E-state index in [1.54, 1.807) is 6.20 Å². The predicted octanol–water partition coefficient (Wildman–Crippen LogP) is 2.65. The van der Waals surface area contributed by atoms with Crippen molar-refractivity contribution in [1.29, 1.82) is 0 Å². The molecular weight excluding hydrogens is 318 g/mol. The summed E-state index contributed by atoms with van der Waals surface area (Å²) in [6.45, 7) is 7.39. The summed E-state index contributed by atoms with van der Waals surface area (Å²) in [4.78, 5) is 19.2. The standard InChI is InChI=1S/C18H21N5O2/c1-11-7-12(2)23(20-11)10-15-5-4-6-22(15)18(24)14-8-16-13(3)21-25-17(16)19-9-14/h7-9,15H,4-6,10H2,1-3H3. The first-order valence-corrected chi connectivity index (χ1v) is 8.57. The number of pyridine rings is 1. The van der Waals surface area contributed by atoms with Crippen LogP contribution in [0.4, 0.5) is 0 Å². The number of carbonyl (C=O) groups is 1. The maximum absolute atomic E-state index is 13.0. The summed E-state index contributed by atoms with van der Waals surface area (Å²) in [6, 6.07) is 4.05. The minimum Gasteiger partial charge on any atom is -0.336 e. The van der Waals surface area contributed by atoms with Gasteiger partial charge in [0, 0.05) is 18.4 Å². The quantitative estimate of drug-likeness (QED) is 0.733. The third kappa shape index (κ3) is 2.79. The largest absolute Gasteiger partial charge is 0.336 e. The molecule has 0 aliphatic carbocycles. The molecule has 0 spiro atoms. The monoisotopic (exact) mass is 339 g/mol. The number of carbonyl (C=O) groups excluding carboxylic acids is 1. The van der Waals surface area contributed by atoms with Gasteiger partial charge in [0.05, 0.1) is 34.9 Å². The molecule has 3 aromatic heterocycles. The molecule has 1 aliphatic heterocycles. The minimum absolute atomic E-state index is 0.0130. The fraction of sp³-hybridized carbons (Fsp3) is 0.444. The van der Waals surface area contributed by atoms with E-state index in [0.29, 0.717) is 11.3 Å². The van der Waals surface area contributed by atoms with Crippen LogP contribution < -0.4 is 0 Å². The van der Waals surface area contributed by atoms with Gasteiger partial charge in [0.15, 0.2) is 0 Å². The number of nitrogens with zero attached hydrogens (tertiary/aromatic N) is 5. The van der Waals surface area contributed by atoms with E-state index in [1.807, 2.05) is 36.4 Å². The Hall–Kier alpha value is -2.70. The second kappa shape index (κ2) is 5.98. The molecule has 0 N–H and O–H groups in total. The minimum atomic E-state index is 0.0130. The number of aryl methyl sites for hydroxylation is 3. The van der Waals surface area contributed by atoms with Crippen molar-refractivity contribution in [1.82, 2.24) is 24.8 Å². The van der Waals surface area contributed by atoms with Crippen LogP contribution in [-0.4, -0.2) is 43.3 Å². The molecule has 0 bridgehead atoms. The number of likely N-dealkylation sites (tertiary alicyclic amines) is 1. The Morgan fingerprint density at radius 1 is 1.32 bits per heavy atom. The maximum Gasteiger partial charge on any atom is 0.257 e. The molecule has 1 atom stereocenters. The molecule has 130 valence electrons. The van der Waals surface area contributed by atoms with Crippen molar-refractivity contribution in [3.8, 4) is 0 Å². The van der Waals surface area contributed by atoms with Gasteiger partial charge in [-0.05, 0) is 45.7 Å². The van der Waals surface area contributed by atoms with E-state index in [-0.39, 0.29) is 11.9 Å². The fourth-order valence-electron chi connectivity index (χ4n) is 3.58. The highest BCUT2D eigenvalue weighted by atomic mass is 16.5. The lowest BCUT2D eigenvalue weighted by molar-refractivity contribution is 0.0721. The van der Waals surface area contributed by atoms with Crippen molar-refractivity contribution in [3.05, 3.63) is 41.0 Å². The summed E-state index contributed by atoms with van der Waals surface area (Å²) in [5, 5.41) is 9.23. The van der Waals surface area contributed by atoms with E-state index < -0.39 is 0 Å². The third-order valence-corrected chi connectivity index (χ3v) is 4.88. The van der Waals surface area contributed by atoms with Gasteiger partial charge in [0.2, 0.25) is 0 Å². The normalized spacial score (nSPS) is 17.6. The highest BCUT2D eigenvalue weighted by molar-refractivity contribution is 5.97. The van der Waals surface area contributed by atoms with E-state index >= 15 is 0 Å². The number of rotatable bonds is 3. The number of fused-ring (bicyclic) bond motifs is 1. The van der Waals surface area contributed by atoms with Gasteiger partial charge in [-0.1, -0.05) is 5.16 Å². The fourth-order valence-corrected chi connectivity index (χ4v) is 3.58. The van der Waals surface area contributed by atoms with Crippen LogP contribution in [0.15, 0.2) is 22.9 Å². The molecule has 4 rings (SSSR count). The first-order chi connectivity index (χ1) is 12.0. The molecule has 7 heteroatoms. The van der Waals surface area contributed by atoms with Crippen molar-refractivity contribution in [3.63, 3.8) is 0 Å². The van der Waals surface area contributed by atoms with Gasteiger partial charge in [0.1, 0.15) is 0 Å². The Morgan fingerprint density at radius 2 is 2.16 bits per heavy atom. The molecule has 0 radical (unpaired) electrons. The smallest absolute Gasteiger partial charge is 0.257 e. The lowest BCUT2D eigenvalue weighted by atomic mass is 10.1. The van der Waals surface area contributed by atoms with Gasteiger partial charge in [-0.15, -0.1) is 0 Å². The van der Waals surface area contributed by atoms with Crippen LogP contribution in [0.1, 0.15) is 40.3 Å². The zero-order valence-electron chi connectivity index (χ0n) is 14.7. The van der Waals surface area contributed by atoms with Gasteiger partial charge in [0.25, 0.3) is 11.6 Å². The number of aromatic nitrogens is 4. The van der Waals surface area contributed by atoms with Gasteiger partial charge < -0.3 is 9.42 Å². The van der Waals surface area contributed by atoms with Crippen molar-refractivity contribution in [2.75, 3.05) is 6.54 Å². The lowest BCUT2D eigenvalue weighted by Gasteiger charge is -2.25. The second-order valence-electron chi connectivity index (χ2n) is 6.75. The first-order valence-electron chi connectivity index (χ1n) is 8.57. The summed E-state index contributed by atoms with van der Waals surface area (Å²) in [7, 11) is 0. The van der Waals surface area contributed by atoms with E-state index in [9.17, 15) is 4.79 Å². The van der Waals surface area contributed by atoms with Crippen molar-refractivity contribution in [2.45, 2.75) is 46.2 Å². The van der Waals surface area contributed by atoms with Crippen molar-refractivity contribution < 1.29 is 9.32 Å². The van der Waals surface area contributed by atoms with Crippen LogP contribution in [0.25, 0.3) is 11.1 Å². The Kier molecular flexibility index (Phi) is 3.78. The summed E-state index contributed by atoms with van der Waals surface area (Å²) >= 11 is 0. The topological polar surface area (TPSA) is 77.0 Å². The Balaban J connectivity index is 1.59. The van der Waals surface area contributed by atoms with Crippen LogP contribution in [-0.2, 0) is 6.54 Å². The number of amides is 1. The molecule has 7 nitrogen and oxygen atoms in total. The van der Waals surface area contributed by atoms with Crippen LogP contribution in [0.2, 0.25) is 0 Å². The van der Waals surface area contributed by atoms with Gasteiger partial charge in [-0.25, -0.2) is 4.98 Å². The van der Waals surface area contributed by atoms with E-state index in [1.165, 1.54) is 0 Å². The van der Waals surface area contributed by atoms with Crippen LogP contribution >= 0.6 is 0 Å². The number of hydrogen-bond donors (Lipinski definition) is 0. The average molecular weight is 339 g/mol. The average Bonchev–Trinajstić information content (AvgIpc) is 3.28. The first kappa shape index (κ1) is 15.8. The Bertz CT molecular complexity index is 942. The maximum atomic E-state index is 13.0. The van der Waals surface area contributed by atoms with E-state index in [2.05, 4.69) is 21.3 Å². The molecule has 4 heterocycles. The molecule has 1 fully saturated rings. The summed E-state index contributed by atoms with van der Waals surface area (Å²) in [6.07, 6.45) is 3.58. The third-order valence-electron chi connectivity index (χ3n) is 4.88. The Labute approximate surface area is 145 Å². The summed E-state index contributed by atoms with van der Waals surface area (Å²) in [5.41, 5.74) is 3.93. The summed E-state index contributed by atoms with van der Waals surface area (Å²) < 4.78 is 7.12. The summed E-state index contributed by atoms with van der Waals surface area (Å²) in [5.74, 6) is 0.0130. The second-order valence-corrected chi connectivity index (χ2v) is 6.75. The van der Waals surface area contributed by atoms with Gasteiger partial charge in [-0.2, -0.15) is 5.10 Å². The van der Waals surface area contributed by atoms with Crippen LogP contribution in [0.5, 0.6) is 0 Å². The molecule has 3 aromatic rings. The lowest BCUT2D eigenvalue weighted by Crippen LogP contribution is -2.38. The molecule has 1 saturated heterocycles. The van der Waals surface area contributed by atoms with Gasteiger partial charge in [-0.3, -0.25) is 9.48 Å². The molecule has 0 aromatic carbocycles. The molecular formula is C18H21N5O2. The number of hydrogen-bond acceptors (Lipinski definition) is 5. The molecule has 1 unspecified atom stereocenters. The van der Waals surface area contributed by atoms with Crippen molar-refractivity contribution in [2.24, 2.45) is 0 Å². The zero-order valence-corrected chi connectivity index (χ0v) is 14.7. The van der Waals surface area contributed by atoms with Crippen LogP contribution in [0, 0.1) is 20.8 Å². The molecule has 0 saturated carbocycles. The van der Waals surface area contributed by atoms with Gasteiger partial charge >= 0.3 is 0 Å². The van der Waals surface area contributed by atoms with Crippen molar-refractivity contribution >= 4 is 17.0 Å². The van der Waals surface area contributed by atoms with Crippen LogP contribution in [0.3, 0.4) is 0 Å². The van der Waals surface area contributed by atoms with E-state index in [4.69, 9.17) is 4.52 Å². The Morgan fingerprint density at radius 3 is 2.92 bits per heavy atom. The highest BCUT2D eigenvalue weighted by Crippen LogP contribution is 2.24. The van der Waals surface area contributed by atoms with E-state index in [0.717, 1.165) is 48.4 Å².